The molecule has 0 aliphatic heterocycles. The largest absolute Gasteiger partial charge is 0.464 e. The van der Waals surface area contributed by atoms with E-state index in [1.54, 1.807) is 0 Å². The summed E-state index contributed by atoms with van der Waals surface area (Å²) in [5, 5.41) is 0. The predicted molar refractivity (Wildman–Crippen MR) is 82.4 cm³/mol. The molecule has 3 nitrogen and oxygen atoms in total. The molecule has 0 amide bonds. The number of ether oxygens (including phenoxy) is 1. The molecule has 0 radical (unpaired) electrons. The van der Waals surface area contributed by atoms with Gasteiger partial charge in [0, 0.05) is 0 Å². The van der Waals surface area contributed by atoms with Gasteiger partial charge in [0.1, 0.15) is 23.0 Å². The average Bonchev–Trinajstić information content (AvgIpc) is 2.95. The third kappa shape index (κ3) is 3.15. The maximum atomic E-state index is 6.20. The summed E-state index contributed by atoms with van der Waals surface area (Å²) >= 11 is 0. The number of furan rings is 1. The molecule has 2 N–H and O–H groups in total. The Labute approximate surface area is 124 Å². The molecule has 1 aromatic heterocycles. The van der Waals surface area contributed by atoms with Gasteiger partial charge in [0.05, 0.1) is 6.04 Å². The van der Waals surface area contributed by atoms with E-state index < -0.39 is 0 Å². The lowest BCUT2D eigenvalue weighted by atomic mass is 10.1. The van der Waals surface area contributed by atoms with Crippen molar-refractivity contribution in [3.8, 4) is 11.5 Å². The first-order valence-corrected chi connectivity index (χ1v) is 6.87. The Bertz CT molecular complexity index is 702. The van der Waals surface area contributed by atoms with Crippen LogP contribution in [0.3, 0.4) is 0 Å². The number of hydrogen-bond acceptors (Lipinski definition) is 3. The molecule has 1 heterocycles. The highest BCUT2D eigenvalue weighted by Gasteiger charge is 2.12. The SMILES string of the molecule is Cc1ccc(C(N)c2ccc(Oc3ccccc3)cc2)o1. The standard InChI is InChI=1S/C18H17NO2/c1-13-7-12-17(20-13)18(19)14-8-10-16(11-9-14)21-15-5-3-2-4-6-15/h2-12,18H,19H2,1H3. The number of aryl methyl sites for hydroxylation is 1. The van der Waals surface area contributed by atoms with Gasteiger partial charge in [-0.25, -0.2) is 0 Å². The second-order valence-corrected chi connectivity index (χ2v) is 4.91. The fourth-order valence-corrected chi connectivity index (χ4v) is 2.15. The van der Waals surface area contributed by atoms with E-state index in [4.69, 9.17) is 14.9 Å². The Morgan fingerprint density at radius 1 is 0.857 bits per heavy atom. The van der Waals surface area contributed by atoms with Crippen molar-refractivity contribution >= 4 is 0 Å². The van der Waals surface area contributed by atoms with Gasteiger partial charge >= 0.3 is 0 Å². The summed E-state index contributed by atoms with van der Waals surface area (Å²) in [7, 11) is 0. The summed E-state index contributed by atoms with van der Waals surface area (Å²) in [6.07, 6.45) is 0. The molecule has 0 fully saturated rings. The molecule has 1 atom stereocenters. The summed E-state index contributed by atoms with van der Waals surface area (Å²) in [6.45, 7) is 1.91. The molecule has 3 heteroatoms. The van der Waals surface area contributed by atoms with Crippen LogP contribution in [0.4, 0.5) is 0 Å². The monoisotopic (exact) mass is 279 g/mol. The van der Waals surface area contributed by atoms with Crippen LogP contribution in [0.5, 0.6) is 11.5 Å². The molecule has 0 saturated carbocycles. The minimum Gasteiger partial charge on any atom is -0.464 e. The molecule has 21 heavy (non-hydrogen) atoms. The van der Waals surface area contributed by atoms with Gasteiger partial charge in [0.2, 0.25) is 0 Å². The topological polar surface area (TPSA) is 48.4 Å². The first-order valence-electron chi connectivity index (χ1n) is 6.87. The number of benzene rings is 2. The molecular weight excluding hydrogens is 262 g/mol. The smallest absolute Gasteiger partial charge is 0.127 e. The molecular formula is C18H17NO2. The van der Waals surface area contributed by atoms with Gasteiger partial charge in [-0.2, -0.15) is 0 Å². The fraction of sp³-hybridized carbons (Fsp3) is 0.111. The molecule has 1 unspecified atom stereocenters. The first kappa shape index (κ1) is 13.5. The maximum absolute atomic E-state index is 6.20. The van der Waals surface area contributed by atoms with Crippen LogP contribution in [-0.2, 0) is 0 Å². The van der Waals surface area contributed by atoms with Gasteiger partial charge in [-0.05, 0) is 48.9 Å². The van der Waals surface area contributed by atoms with Crippen LogP contribution in [-0.4, -0.2) is 0 Å². The van der Waals surface area contributed by atoms with Crippen molar-refractivity contribution in [2.45, 2.75) is 13.0 Å². The van der Waals surface area contributed by atoms with Gasteiger partial charge in [-0.3, -0.25) is 0 Å². The zero-order valence-electron chi connectivity index (χ0n) is 11.8. The zero-order chi connectivity index (χ0) is 14.7. The molecule has 106 valence electrons. The number of hydrogen-bond donors (Lipinski definition) is 1. The summed E-state index contributed by atoms with van der Waals surface area (Å²) in [6, 6.07) is 21.0. The van der Waals surface area contributed by atoms with Crippen LogP contribution >= 0.6 is 0 Å². The maximum Gasteiger partial charge on any atom is 0.127 e. The quantitative estimate of drug-likeness (QED) is 0.768. The summed E-state index contributed by atoms with van der Waals surface area (Å²) in [5.74, 6) is 3.23. The Morgan fingerprint density at radius 2 is 1.52 bits per heavy atom. The van der Waals surface area contributed by atoms with Crippen LogP contribution in [0.15, 0.2) is 71.1 Å². The lowest BCUT2D eigenvalue weighted by Gasteiger charge is -2.11. The Hall–Kier alpha value is -2.52. The summed E-state index contributed by atoms with van der Waals surface area (Å²) in [4.78, 5) is 0. The van der Waals surface area contributed by atoms with Gasteiger partial charge in [-0.1, -0.05) is 30.3 Å². The molecule has 0 aliphatic rings. The predicted octanol–water partition coefficient (Wildman–Crippen LogP) is 4.43. The van der Waals surface area contributed by atoms with Gasteiger partial charge in [-0.15, -0.1) is 0 Å². The van der Waals surface area contributed by atoms with Crippen molar-refractivity contribution < 1.29 is 9.15 Å². The van der Waals surface area contributed by atoms with E-state index >= 15 is 0 Å². The molecule has 2 aromatic carbocycles. The summed E-state index contributed by atoms with van der Waals surface area (Å²) in [5.41, 5.74) is 7.19. The summed E-state index contributed by atoms with van der Waals surface area (Å²) < 4.78 is 11.3. The van der Waals surface area contributed by atoms with Gasteiger partial charge in [0.15, 0.2) is 0 Å². The van der Waals surface area contributed by atoms with Crippen LogP contribution in [0.25, 0.3) is 0 Å². The lowest BCUT2D eigenvalue weighted by Crippen LogP contribution is -2.10. The minimum atomic E-state index is -0.260. The van der Waals surface area contributed by atoms with E-state index in [0.717, 1.165) is 28.6 Å². The molecule has 0 bridgehead atoms. The van der Waals surface area contributed by atoms with E-state index in [2.05, 4.69) is 0 Å². The van der Waals surface area contributed by atoms with Crippen molar-refractivity contribution in [3.05, 3.63) is 83.8 Å². The van der Waals surface area contributed by atoms with Gasteiger partial charge in [0.25, 0.3) is 0 Å². The van der Waals surface area contributed by atoms with Gasteiger partial charge < -0.3 is 14.9 Å². The third-order valence-electron chi connectivity index (χ3n) is 3.29. The van der Waals surface area contributed by atoms with Crippen LogP contribution < -0.4 is 10.5 Å². The Morgan fingerprint density at radius 3 is 2.14 bits per heavy atom. The minimum absolute atomic E-state index is 0.260. The number of para-hydroxylation sites is 1. The van der Waals surface area contributed by atoms with Crippen molar-refractivity contribution in [1.82, 2.24) is 0 Å². The Kier molecular flexibility index (Phi) is 3.75. The van der Waals surface area contributed by atoms with Crippen molar-refractivity contribution in [3.63, 3.8) is 0 Å². The van der Waals surface area contributed by atoms with Crippen LogP contribution in [0.1, 0.15) is 23.1 Å². The van der Waals surface area contributed by atoms with Crippen LogP contribution in [0.2, 0.25) is 0 Å². The molecule has 3 aromatic rings. The lowest BCUT2D eigenvalue weighted by molar-refractivity contribution is 0.465. The second kappa shape index (κ2) is 5.85. The van der Waals surface area contributed by atoms with Crippen molar-refractivity contribution in [1.29, 1.82) is 0 Å². The highest BCUT2D eigenvalue weighted by molar-refractivity contribution is 5.35. The highest BCUT2D eigenvalue weighted by atomic mass is 16.5. The van der Waals surface area contributed by atoms with Crippen LogP contribution in [0, 0.1) is 6.92 Å². The Balaban J connectivity index is 1.75. The van der Waals surface area contributed by atoms with Crippen molar-refractivity contribution in [2.75, 3.05) is 0 Å². The zero-order valence-corrected chi connectivity index (χ0v) is 11.8. The van der Waals surface area contributed by atoms with E-state index in [1.807, 2.05) is 73.7 Å². The molecule has 3 rings (SSSR count). The highest BCUT2D eigenvalue weighted by Crippen LogP contribution is 2.25. The second-order valence-electron chi connectivity index (χ2n) is 4.91. The number of nitrogens with two attached hydrogens (primary N) is 1. The van der Waals surface area contributed by atoms with E-state index in [0.29, 0.717) is 0 Å². The normalized spacial score (nSPS) is 12.1. The molecule has 0 aliphatic carbocycles. The molecule has 0 spiro atoms. The van der Waals surface area contributed by atoms with Crippen molar-refractivity contribution in [2.24, 2.45) is 5.73 Å². The molecule has 0 saturated heterocycles. The van der Waals surface area contributed by atoms with E-state index in [9.17, 15) is 0 Å². The third-order valence-corrected chi connectivity index (χ3v) is 3.29. The fourth-order valence-electron chi connectivity index (χ4n) is 2.15. The van der Waals surface area contributed by atoms with E-state index in [1.165, 1.54) is 0 Å². The average molecular weight is 279 g/mol. The number of rotatable bonds is 4. The van der Waals surface area contributed by atoms with E-state index in [-0.39, 0.29) is 6.04 Å². The first-order chi connectivity index (χ1) is 10.2.